The van der Waals surface area contributed by atoms with Gasteiger partial charge in [0.15, 0.2) is 0 Å². The van der Waals surface area contributed by atoms with E-state index in [1.165, 1.54) is 12.8 Å². The van der Waals surface area contributed by atoms with Crippen molar-refractivity contribution in [2.45, 2.75) is 45.6 Å². The molecule has 22 heavy (non-hydrogen) atoms. The maximum absolute atomic E-state index is 11.7. The molecule has 6 heteroatoms. The molecule has 1 aromatic carbocycles. The van der Waals surface area contributed by atoms with E-state index in [9.17, 15) is 4.79 Å². The molecular formula is C16H22N4O2. The summed E-state index contributed by atoms with van der Waals surface area (Å²) in [6.45, 7) is 4.41. The minimum absolute atomic E-state index is 0.319. The van der Waals surface area contributed by atoms with Crippen LogP contribution in [0, 0.1) is 5.92 Å². The van der Waals surface area contributed by atoms with Gasteiger partial charge >= 0.3 is 6.09 Å². The molecule has 1 amide bonds. The van der Waals surface area contributed by atoms with E-state index in [2.05, 4.69) is 15.5 Å². The summed E-state index contributed by atoms with van der Waals surface area (Å²) in [5, 5.41) is 11.8. The standard InChI is InChI=1S/C16H22N4O2/c1-11(2)10-22-16(21)17-12-7-8-14-15(9-12)19-20(18-14)13-5-3-4-6-13/h7-9,11,13H,3-6,10H2,1-2H3,(H,17,21). The number of hydrogen-bond acceptors (Lipinski definition) is 4. The van der Waals surface area contributed by atoms with Gasteiger partial charge in [0.25, 0.3) is 0 Å². The Hall–Kier alpha value is -2.11. The zero-order valence-corrected chi connectivity index (χ0v) is 13.1. The van der Waals surface area contributed by atoms with Crippen molar-refractivity contribution in [3.8, 4) is 0 Å². The summed E-state index contributed by atoms with van der Waals surface area (Å²) in [6, 6.07) is 5.96. The molecule has 0 unspecified atom stereocenters. The Morgan fingerprint density at radius 3 is 2.77 bits per heavy atom. The second-order valence-electron chi connectivity index (χ2n) is 6.28. The predicted octanol–water partition coefficient (Wildman–Crippen LogP) is 3.75. The quantitative estimate of drug-likeness (QED) is 0.933. The van der Waals surface area contributed by atoms with E-state index in [-0.39, 0.29) is 0 Å². The van der Waals surface area contributed by atoms with E-state index in [0.29, 0.717) is 24.3 Å². The Labute approximate surface area is 129 Å². The van der Waals surface area contributed by atoms with Crippen LogP contribution in [0.3, 0.4) is 0 Å². The van der Waals surface area contributed by atoms with Gasteiger partial charge in [0.05, 0.1) is 12.6 Å². The van der Waals surface area contributed by atoms with Gasteiger partial charge in [-0.15, -0.1) is 0 Å². The Balaban J connectivity index is 1.70. The third kappa shape index (κ3) is 3.37. The first-order chi connectivity index (χ1) is 10.6. The number of ether oxygens (including phenoxy) is 1. The highest BCUT2D eigenvalue weighted by molar-refractivity contribution is 5.88. The summed E-state index contributed by atoms with van der Waals surface area (Å²) in [4.78, 5) is 13.5. The number of amides is 1. The third-order valence-corrected chi connectivity index (χ3v) is 3.84. The van der Waals surface area contributed by atoms with E-state index < -0.39 is 6.09 Å². The number of benzene rings is 1. The SMILES string of the molecule is CC(C)COC(=O)Nc1ccc2nn(C3CCCC3)nc2c1. The number of fused-ring (bicyclic) bond motifs is 1. The molecule has 1 saturated carbocycles. The first kappa shape index (κ1) is 14.8. The lowest BCUT2D eigenvalue weighted by atomic mass is 10.2. The molecule has 1 fully saturated rings. The van der Waals surface area contributed by atoms with E-state index in [1.54, 1.807) is 0 Å². The van der Waals surface area contributed by atoms with Crippen LogP contribution in [0.4, 0.5) is 10.5 Å². The molecule has 1 N–H and O–H groups in total. The number of hydrogen-bond donors (Lipinski definition) is 1. The summed E-state index contributed by atoms with van der Waals surface area (Å²) in [5.74, 6) is 0.319. The van der Waals surface area contributed by atoms with E-state index in [0.717, 1.165) is 23.9 Å². The van der Waals surface area contributed by atoms with Crippen molar-refractivity contribution in [2.75, 3.05) is 11.9 Å². The van der Waals surface area contributed by atoms with Gasteiger partial charge in [-0.3, -0.25) is 5.32 Å². The van der Waals surface area contributed by atoms with E-state index in [1.807, 2.05) is 36.8 Å². The largest absolute Gasteiger partial charge is 0.449 e. The van der Waals surface area contributed by atoms with Crippen LogP contribution in [-0.2, 0) is 4.74 Å². The summed E-state index contributed by atoms with van der Waals surface area (Å²) in [5.41, 5.74) is 2.33. The van der Waals surface area contributed by atoms with Crippen molar-refractivity contribution in [1.82, 2.24) is 15.0 Å². The second kappa shape index (κ2) is 6.34. The van der Waals surface area contributed by atoms with Crippen molar-refractivity contribution in [1.29, 1.82) is 0 Å². The van der Waals surface area contributed by atoms with Gasteiger partial charge in [-0.25, -0.2) is 4.79 Å². The molecule has 2 aromatic rings. The third-order valence-electron chi connectivity index (χ3n) is 3.84. The highest BCUT2D eigenvalue weighted by Crippen LogP contribution is 2.29. The fourth-order valence-corrected chi connectivity index (χ4v) is 2.70. The van der Waals surface area contributed by atoms with E-state index >= 15 is 0 Å². The topological polar surface area (TPSA) is 69.0 Å². The van der Waals surface area contributed by atoms with Crippen molar-refractivity contribution < 1.29 is 9.53 Å². The normalized spacial score (nSPS) is 15.6. The molecule has 1 heterocycles. The predicted molar refractivity (Wildman–Crippen MR) is 84.8 cm³/mol. The number of carbonyl (C=O) groups excluding carboxylic acids is 1. The van der Waals surface area contributed by atoms with Gasteiger partial charge in [-0.2, -0.15) is 15.0 Å². The van der Waals surface area contributed by atoms with Gasteiger partial charge in [-0.05, 0) is 37.0 Å². The van der Waals surface area contributed by atoms with Gasteiger partial charge in [0.2, 0.25) is 0 Å². The van der Waals surface area contributed by atoms with Gasteiger partial charge in [-0.1, -0.05) is 26.7 Å². The molecule has 118 valence electrons. The molecule has 6 nitrogen and oxygen atoms in total. The van der Waals surface area contributed by atoms with Crippen LogP contribution in [0.2, 0.25) is 0 Å². The van der Waals surface area contributed by atoms with Crippen LogP contribution in [0.15, 0.2) is 18.2 Å². The number of aromatic nitrogens is 3. The Kier molecular flexibility index (Phi) is 4.27. The summed E-state index contributed by atoms with van der Waals surface area (Å²) < 4.78 is 5.11. The smallest absolute Gasteiger partial charge is 0.411 e. The number of rotatable bonds is 4. The lowest BCUT2D eigenvalue weighted by molar-refractivity contribution is 0.147. The maximum Gasteiger partial charge on any atom is 0.411 e. The van der Waals surface area contributed by atoms with Crippen molar-refractivity contribution >= 4 is 22.8 Å². The Bertz CT molecular complexity index is 659. The Morgan fingerprint density at radius 1 is 1.32 bits per heavy atom. The van der Waals surface area contributed by atoms with Crippen molar-refractivity contribution in [3.63, 3.8) is 0 Å². The maximum atomic E-state index is 11.7. The zero-order chi connectivity index (χ0) is 15.5. The second-order valence-corrected chi connectivity index (χ2v) is 6.28. The summed E-state index contributed by atoms with van der Waals surface area (Å²) >= 11 is 0. The van der Waals surface area contributed by atoms with Crippen LogP contribution in [0.1, 0.15) is 45.6 Å². The minimum atomic E-state index is -0.434. The lowest BCUT2D eigenvalue weighted by Gasteiger charge is -2.08. The van der Waals surface area contributed by atoms with Crippen LogP contribution >= 0.6 is 0 Å². The highest BCUT2D eigenvalue weighted by Gasteiger charge is 2.19. The van der Waals surface area contributed by atoms with Crippen LogP contribution in [0.5, 0.6) is 0 Å². The molecular weight excluding hydrogens is 280 g/mol. The average Bonchev–Trinajstić information content (AvgIpc) is 3.13. The molecule has 3 rings (SSSR count). The fraction of sp³-hybridized carbons (Fsp3) is 0.562. The molecule has 0 saturated heterocycles. The van der Waals surface area contributed by atoms with Gasteiger partial charge < -0.3 is 4.74 Å². The molecule has 0 spiro atoms. The number of nitrogens with zero attached hydrogens (tertiary/aromatic N) is 3. The molecule has 0 bridgehead atoms. The van der Waals surface area contributed by atoms with Gasteiger partial charge in [0, 0.05) is 5.69 Å². The summed E-state index contributed by atoms with van der Waals surface area (Å²) in [7, 11) is 0. The fourth-order valence-electron chi connectivity index (χ4n) is 2.70. The molecule has 0 radical (unpaired) electrons. The first-order valence-corrected chi connectivity index (χ1v) is 7.92. The monoisotopic (exact) mass is 302 g/mol. The van der Waals surface area contributed by atoms with Crippen LogP contribution in [0.25, 0.3) is 11.0 Å². The number of nitrogens with one attached hydrogen (secondary N) is 1. The first-order valence-electron chi connectivity index (χ1n) is 7.92. The number of anilines is 1. The highest BCUT2D eigenvalue weighted by atomic mass is 16.5. The van der Waals surface area contributed by atoms with Crippen LogP contribution in [-0.4, -0.2) is 27.7 Å². The average molecular weight is 302 g/mol. The molecule has 1 aliphatic carbocycles. The molecule has 0 aliphatic heterocycles. The molecule has 0 atom stereocenters. The zero-order valence-electron chi connectivity index (χ0n) is 13.1. The molecule has 1 aromatic heterocycles. The van der Waals surface area contributed by atoms with Gasteiger partial charge in [0.1, 0.15) is 11.0 Å². The van der Waals surface area contributed by atoms with Crippen molar-refractivity contribution in [3.05, 3.63) is 18.2 Å². The lowest BCUT2D eigenvalue weighted by Crippen LogP contribution is -2.16. The minimum Gasteiger partial charge on any atom is -0.449 e. The van der Waals surface area contributed by atoms with Crippen LogP contribution < -0.4 is 5.32 Å². The molecule has 1 aliphatic rings. The van der Waals surface area contributed by atoms with E-state index in [4.69, 9.17) is 4.74 Å². The van der Waals surface area contributed by atoms with Crippen molar-refractivity contribution in [2.24, 2.45) is 5.92 Å². The Morgan fingerprint density at radius 2 is 2.05 bits per heavy atom. The summed E-state index contributed by atoms with van der Waals surface area (Å²) in [6.07, 6.45) is 4.35. The number of carbonyl (C=O) groups is 1.